The van der Waals surface area contributed by atoms with E-state index in [1.54, 1.807) is 0 Å². The SMILES string of the molecule is COC(=O)c1c(-c2ccccc2)sc(N2CCOCC2)c1C(=O)OC. The van der Waals surface area contributed by atoms with E-state index in [9.17, 15) is 9.59 Å². The Labute approximate surface area is 149 Å². The largest absolute Gasteiger partial charge is 0.465 e. The van der Waals surface area contributed by atoms with E-state index in [0.717, 1.165) is 10.6 Å². The van der Waals surface area contributed by atoms with Crippen LogP contribution < -0.4 is 4.90 Å². The summed E-state index contributed by atoms with van der Waals surface area (Å²) in [5.41, 5.74) is 1.38. The third kappa shape index (κ3) is 3.38. The summed E-state index contributed by atoms with van der Waals surface area (Å²) in [7, 11) is 2.62. The Hall–Kier alpha value is -2.38. The highest BCUT2D eigenvalue weighted by Crippen LogP contribution is 2.43. The lowest BCUT2D eigenvalue weighted by molar-refractivity contribution is 0.0557. The van der Waals surface area contributed by atoms with Crippen LogP contribution in [0.3, 0.4) is 0 Å². The number of hydrogen-bond donors (Lipinski definition) is 0. The van der Waals surface area contributed by atoms with Crippen LogP contribution in [0.2, 0.25) is 0 Å². The number of carbonyl (C=O) groups excluding carboxylic acids is 2. The molecule has 132 valence electrons. The van der Waals surface area contributed by atoms with E-state index in [1.807, 2.05) is 30.3 Å². The molecule has 2 aromatic rings. The average Bonchev–Trinajstić information content (AvgIpc) is 3.08. The second-order valence-corrected chi connectivity index (χ2v) is 6.43. The van der Waals surface area contributed by atoms with Crippen molar-refractivity contribution in [3.63, 3.8) is 0 Å². The van der Waals surface area contributed by atoms with Gasteiger partial charge in [-0.05, 0) is 5.56 Å². The number of esters is 2. The zero-order valence-corrected chi connectivity index (χ0v) is 14.9. The van der Waals surface area contributed by atoms with Gasteiger partial charge in [-0.2, -0.15) is 0 Å². The number of hydrogen-bond acceptors (Lipinski definition) is 7. The number of rotatable bonds is 4. The van der Waals surface area contributed by atoms with Crippen molar-refractivity contribution in [1.82, 2.24) is 0 Å². The number of carbonyl (C=O) groups is 2. The highest BCUT2D eigenvalue weighted by atomic mass is 32.1. The summed E-state index contributed by atoms with van der Waals surface area (Å²) in [5.74, 6) is -1.09. The maximum absolute atomic E-state index is 12.5. The molecule has 1 saturated heterocycles. The fourth-order valence-electron chi connectivity index (χ4n) is 2.79. The predicted octanol–water partition coefficient (Wildman–Crippen LogP) is 2.82. The van der Waals surface area contributed by atoms with Crippen molar-refractivity contribution < 1.29 is 23.8 Å². The van der Waals surface area contributed by atoms with E-state index < -0.39 is 11.9 Å². The Balaban J connectivity index is 2.22. The molecule has 0 spiro atoms. The highest BCUT2D eigenvalue weighted by Gasteiger charge is 2.33. The molecule has 1 aliphatic heterocycles. The monoisotopic (exact) mass is 361 g/mol. The van der Waals surface area contributed by atoms with E-state index in [1.165, 1.54) is 25.6 Å². The predicted molar refractivity (Wildman–Crippen MR) is 95.5 cm³/mol. The van der Waals surface area contributed by atoms with Crippen molar-refractivity contribution in [1.29, 1.82) is 0 Å². The lowest BCUT2D eigenvalue weighted by Gasteiger charge is -2.28. The number of thiophene rings is 1. The highest BCUT2D eigenvalue weighted by molar-refractivity contribution is 7.20. The fourth-order valence-corrected chi connectivity index (χ4v) is 4.12. The first-order valence-corrected chi connectivity index (χ1v) is 8.70. The topological polar surface area (TPSA) is 65.1 Å². The van der Waals surface area contributed by atoms with Gasteiger partial charge in [0, 0.05) is 13.1 Å². The molecule has 0 aliphatic carbocycles. The third-order valence-corrected chi connectivity index (χ3v) is 5.30. The minimum Gasteiger partial charge on any atom is -0.465 e. The van der Waals surface area contributed by atoms with Gasteiger partial charge in [0.05, 0.1) is 37.9 Å². The second kappa shape index (κ2) is 7.67. The summed E-state index contributed by atoms with van der Waals surface area (Å²) in [4.78, 5) is 27.7. The van der Waals surface area contributed by atoms with Gasteiger partial charge in [-0.15, -0.1) is 11.3 Å². The first-order valence-electron chi connectivity index (χ1n) is 7.89. The normalized spacial score (nSPS) is 14.2. The Morgan fingerprint density at radius 1 is 1.00 bits per heavy atom. The first-order chi connectivity index (χ1) is 12.2. The molecular formula is C18H19NO5S. The molecule has 0 atom stereocenters. The van der Waals surface area contributed by atoms with Gasteiger partial charge in [0.2, 0.25) is 0 Å². The molecule has 0 unspecified atom stereocenters. The van der Waals surface area contributed by atoms with Crippen LogP contribution in [0.4, 0.5) is 5.00 Å². The average molecular weight is 361 g/mol. The van der Waals surface area contributed by atoms with Gasteiger partial charge >= 0.3 is 11.9 Å². The van der Waals surface area contributed by atoms with E-state index >= 15 is 0 Å². The van der Waals surface area contributed by atoms with Crippen molar-refractivity contribution in [2.75, 3.05) is 45.4 Å². The molecule has 1 aromatic heterocycles. The van der Waals surface area contributed by atoms with Crippen LogP contribution in [0.1, 0.15) is 20.7 Å². The third-order valence-electron chi connectivity index (χ3n) is 4.00. The number of anilines is 1. The van der Waals surface area contributed by atoms with Crippen LogP contribution in [0.5, 0.6) is 0 Å². The summed E-state index contributed by atoms with van der Waals surface area (Å²) in [6.07, 6.45) is 0. The molecule has 0 radical (unpaired) electrons. The van der Waals surface area contributed by atoms with E-state index in [2.05, 4.69) is 4.90 Å². The van der Waals surface area contributed by atoms with Crippen molar-refractivity contribution in [3.05, 3.63) is 41.5 Å². The first kappa shape index (κ1) is 17.4. The number of nitrogens with zero attached hydrogens (tertiary/aromatic N) is 1. The van der Waals surface area contributed by atoms with E-state index in [0.29, 0.717) is 31.2 Å². The molecule has 25 heavy (non-hydrogen) atoms. The second-order valence-electron chi connectivity index (χ2n) is 5.43. The smallest absolute Gasteiger partial charge is 0.341 e. The van der Waals surface area contributed by atoms with Gasteiger partial charge in [-0.3, -0.25) is 0 Å². The standard InChI is InChI=1S/C18H19NO5S/c1-22-17(20)13-14(18(21)23-2)16(19-8-10-24-11-9-19)25-15(13)12-6-4-3-5-7-12/h3-7H,8-11H2,1-2H3. The molecule has 3 rings (SSSR count). The maximum atomic E-state index is 12.5. The quantitative estimate of drug-likeness (QED) is 0.780. The number of benzene rings is 1. The van der Waals surface area contributed by atoms with Crippen LogP contribution in [0, 0.1) is 0 Å². The lowest BCUT2D eigenvalue weighted by Crippen LogP contribution is -2.36. The van der Waals surface area contributed by atoms with E-state index in [-0.39, 0.29) is 11.1 Å². The molecule has 2 heterocycles. The van der Waals surface area contributed by atoms with Crippen LogP contribution in [0.15, 0.2) is 30.3 Å². The van der Waals surface area contributed by atoms with Gasteiger partial charge in [-0.1, -0.05) is 30.3 Å². The lowest BCUT2D eigenvalue weighted by atomic mass is 10.0. The Kier molecular flexibility index (Phi) is 5.35. The number of morpholine rings is 1. The molecule has 7 heteroatoms. The van der Waals surface area contributed by atoms with Gasteiger partial charge in [0.25, 0.3) is 0 Å². The van der Waals surface area contributed by atoms with Gasteiger partial charge in [0.1, 0.15) is 10.6 Å². The van der Waals surface area contributed by atoms with Crippen molar-refractivity contribution in [2.45, 2.75) is 0 Å². The Morgan fingerprint density at radius 3 is 2.20 bits per heavy atom. The molecule has 0 saturated carbocycles. The molecule has 0 amide bonds. The van der Waals surface area contributed by atoms with Gasteiger partial charge in [-0.25, -0.2) is 9.59 Å². The molecule has 1 fully saturated rings. The molecule has 6 nitrogen and oxygen atoms in total. The molecule has 0 N–H and O–H groups in total. The molecule has 0 bridgehead atoms. The molecule has 1 aliphatic rings. The molecule has 1 aromatic carbocycles. The zero-order chi connectivity index (χ0) is 17.8. The Morgan fingerprint density at radius 2 is 1.60 bits per heavy atom. The summed E-state index contributed by atoms with van der Waals surface area (Å²) >= 11 is 1.40. The van der Waals surface area contributed by atoms with Crippen LogP contribution >= 0.6 is 11.3 Å². The number of methoxy groups -OCH3 is 2. The summed E-state index contributed by atoms with van der Waals surface area (Å²) in [5, 5.41) is 0.717. The van der Waals surface area contributed by atoms with Gasteiger partial charge in [0.15, 0.2) is 0 Å². The maximum Gasteiger partial charge on any atom is 0.341 e. The minimum atomic E-state index is -0.546. The van der Waals surface area contributed by atoms with Crippen molar-refractivity contribution in [3.8, 4) is 10.4 Å². The van der Waals surface area contributed by atoms with Crippen LogP contribution in [-0.4, -0.2) is 52.5 Å². The van der Waals surface area contributed by atoms with Crippen LogP contribution in [-0.2, 0) is 14.2 Å². The molecular weight excluding hydrogens is 342 g/mol. The van der Waals surface area contributed by atoms with E-state index in [4.69, 9.17) is 14.2 Å². The van der Waals surface area contributed by atoms with Crippen molar-refractivity contribution >= 4 is 28.3 Å². The summed E-state index contributed by atoms with van der Waals surface area (Å²) in [6.45, 7) is 2.46. The van der Waals surface area contributed by atoms with Gasteiger partial charge < -0.3 is 19.1 Å². The van der Waals surface area contributed by atoms with Crippen LogP contribution in [0.25, 0.3) is 10.4 Å². The zero-order valence-electron chi connectivity index (χ0n) is 14.1. The van der Waals surface area contributed by atoms with Crippen molar-refractivity contribution in [2.24, 2.45) is 0 Å². The minimum absolute atomic E-state index is 0.257. The summed E-state index contributed by atoms with van der Waals surface area (Å²) in [6, 6.07) is 9.49. The summed E-state index contributed by atoms with van der Waals surface area (Å²) < 4.78 is 15.3. The Bertz CT molecular complexity index is 765. The fraction of sp³-hybridized carbons (Fsp3) is 0.333. The number of ether oxygens (including phenoxy) is 3.